The van der Waals surface area contributed by atoms with Gasteiger partial charge in [0.15, 0.2) is 11.9 Å². The van der Waals surface area contributed by atoms with E-state index in [2.05, 4.69) is 10.0 Å². The van der Waals surface area contributed by atoms with Crippen molar-refractivity contribution in [2.75, 3.05) is 0 Å². The molecular weight excluding hydrogens is 412 g/mol. The van der Waals surface area contributed by atoms with Crippen LogP contribution in [0.1, 0.15) is 48.5 Å². The molecule has 2 aromatic rings. The van der Waals surface area contributed by atoms with Gasteiger partial charge in [0.2, 0.25) is 5.78 Å². The van der Waals surface area contributed by atoms with Gasteiger partial charge in [0.25, 0.3) is 5.69 Å². The summed E-state index contributed by atoms with van der Waals surface area (Å²) in [4.78, 5) is 40.0. The highest BCUT2D eigenvalue weighted by molar-refractivity contribution is 6.05. The first kappa shape index (κ1) is 21.3. The molecule has 1 heterocycles. The molecule has 0 N–H and O–H groups in total. The van der Waals surface area contributed by atoms with E-state index in [1.807, 2.05) is 13.8 Å². The number of ketones is 2. The number of carbonyl (C=O) groups is 2. The zero-order valence-electron chi connectivity index (χ0n) is 17.5. The van der Waals surface area contributed by atoms with Gasteiger partial charge in [-0.05, 0) is 16.5 Å². The summed E-state index contributed by atoms with van der Waals surface area (Å²) in [5, 5.41) is 14.8. The van der Waals surface area contributed by atoms with E-state index in [0.29, 0.717) is 41.0 Å². The van der Waals surface area contributed by atoms with Gasteiger partial charge < -0.3 is 4.74 Å². The highest BCUT2D eigenvalue weighted by atomic mass is 16.6. The molecule has 4 rings (SSSR count). The van der Waals surface area contributed by atoms with Crippen molar-refractivity contribution in [2.45, 2.75) is 38.7 Å². The lowest BCUT2D eigenvalue weighted by Crippen LogP contribution is -2.29. The molecule has 0 bridgehead atoms. The molecular formula is C23H20N4O5. The molecule has 0 fully saturated rings. The maximum absolute atomic E-state index is 13.4. The van der Waals surface area contributed by atoms with Gasteiger partial charge in [-0.25, -0.2) is 0 Å². The molecule has 2 aliphatic rings. The number of ether oxygens (including phenoxy) is 1. The lowest BCUT2D eigenvalue weighted by molar-refractivity contribution is -0.384. The van der Waals surface area contributed by atoms with E-state index in [1.54, 1.807) is 12.1 Å². The molecule has 0 radical (unpaired) electrons. The summed E-state index contributed by atoms with van der Waals surface area (Å²) in [6.45, 7) is 3.92. The topological polar surface area (TPSA) is 135 Å². The standard InChI is InChI=1S/C23H20N4O5/c1-23(2)11-17(28)20-18(12-23)32-22(19(20)14-4-3-5-16(10-14)27(30)31)21(29)13-6-8-15(9-7-13)25-26-24/h3-10,19,22H,11-12H2,1-2H3. The normalized spacial score (nSPS) is 21.4. The number of carbonyl (C=O) groups excluding carboxylic acids is 2. The highest BCUT2D eigenvalue weighted by Gasteiger charge is 2.49. The average Bonchev–Trinajstić information content (AvgIpc) is 3.12. The number of non-ortho nitro benzene ring substituents is 1. The maximum Gasteiger partial charge on any atom is 0.269 e. The van der Waals surface area contributed by atoms with E-state index in [4.69, 9.17) is 10.3 Å². The van der Waals surface area contributed by atoms with E-state index in [-0.39, 0.29) is 22.7 Å². The van der Waals surface area contributed by atoms with Gasteiger partial charge in [-0.1, -0.05) is 55.4 Å². The number of benzene rings is 2. The van der Waals surface area contributed by atoms with Gasteiger partial charge in [-0.3, -0.25) is 19.7 Å². The van der Waals surface area contributed by atoms with Gasteiger partial charge in [0.1, 0.15) is 5.76 Å². The third-order valence-corrected chi connectivity index (χ3v) is 5.77. The van der Waals surface area contributed by atoms with E-state index < -0.39 is 16.9 Å². The van der Waals surface area contributed by atoms with Crippen molar-refractivity contribution < 1.29 is 19.2 Å². The molecule has 1 aliphatic heterocycles. The summed E-state index contributed by atoms with van der Waals surface area (Å²) in [7, 11) is 0. The molecule has 9 nitrogen and oxygen atoms in total. The van der Waals surface area contributed by atoms with Crippen molar-refractivity contribution in [2.24, 2.45) is 10.5 Å². The maximum atomic E-state index is 13.4. The van der Waals surface area contributed by atoms with Crippen LogP contribution in [0.5, 0.6) is 0 Å². The van der Waals surface area contributed by atoms with Crippen LogP contribution in [0, 0.1) is 15.5 Å². The molecule has 0 aromatic heterocycles. The number of allylic oxidation sites excluding steroid dienone is 1. The SMILES string of the molecule is CC1(C)CC(=O)C2=C(C1)OC(C(=O)c1ccc(N=[N+]=[N-])cc1)C2c1cccc([N+](=O)[O-])c1. The number of azide groups is 1. The first-order chi connectivity index (χ1) is 15.2. The van der Waals surface area contributed by atoms with Crippen molar-refractivity contribution >= 4 is 22.9 Å². The predicted molar refractivity (Wildman–Crippen MR) is 115 cm³/mol. The third kappa shape index (κ3) is 3.86. The fourth-order valence-corrected chi connectivity index (χ4v) is 4.39. The average molecular weight is 432 g/mol. The van der Waals surface area contributed by atoms with Crippen LogP contribution in [0.25, 0.3) is 10.4 Å². The molecule has 9 heteroatoms. The Labute approximate surface area is 183 Å². The molecule has 2 unspecified atom stereocenters. The van der Waals surface area contributed by atoms with Gasteiger partial charge >= 0.3 is 0 Å². The van der Waals surface area contributed by atoms with Crippen molar-refractivity contribution in [3.63, 3.8) is 0 Å². The Kier molecular flexibility index (Phi) is 5.28. The van der Waals surface area contributed by atoms with Crippen molar-refractivity contribution in [3.8, 4) is 0 Å². The Morgan fingerprint density at radius 2 is 1.94 bits per heavy atom. The van der Waals surface area contributed by atoms with E-state index in [0.717, 1.165) is 0 Å². The molecule has 0 saturated heterocycles. The van der Waals surface area contributed by atoms with Crippen molar-refractivity contribution in [1.82, 2.24) is 0 Å². The molecule has 32 heavy (non-hydrogen) atoms. The van der Waals surface area contributed by atoms with Crippen LogP contribution in [-0.4, -0.2) is 22.6 Å². The summed E-state index contributed by atoms with van der Waals surface area (Å²) in [6, 6.07) is 12.1. The molecule has 2 atom stereocenters. The van der Waals surface area contributed by atoms with Crippen molar-refractivity contribution in [3.05, 3.63) is 91.5 Å². The quantitative estimate of drug-likeness (QED) is 0.152. The fourth-order valence-electron chi connectivity index (χ4n) is 4.39. The van der Waals surface area contributed by atoms with Gasteiger partial charge in [-0.15, -0.1) is 0 Å². The number of Topliss-reactive ketones (excluding diaryl/α,β-unsaturated/α-hetero) is 2. The molecule has 162 valence electrons. The monoisotopic (exact) mass is 432 g/mol. The predicted octanol–water partition coefficient (Wildman–Crippen LogP) is 5.55. The lowest BCUT2D eigenvalue weighted by atomic mass is 9.72. The first-order valence-electron chi connectivity index (χ1n) is 10.1. The Hall–Kier alpha value is -3.97. The van der Waals surface area contributed by atoms with E-state index >= 15 is 0 Å². The van der Waals surface area contributed by atoms with Crippen LogP contribution in [0.3, 0.4) is 0 Å². The van der Waals surface area contributed by atoms with Gasteiger partial charge in [0, 0.05) is 46.7 Å². The van der Waals surface area contributed by atoms with Crippen molar-refractivity contribution in [1.29, 1.82) is 0 Å². The Balaban J connectivity index is 1.78. The second-order valence-electron chi connectivity index (χ2n) is 8.75. The summed E-state index contributed by atoms with van der Waals surface area (Å²) in [5.41, 5.74) is 9.74. The highest BCUT2D eigenvalue weighted by Crippen LogP contribution is 2.49. The summed E-state index contributed by atoms with van der Waals surface area (Å²) in [5.74, 6) is -0.722. The minimum atomic E-state index is -1.02. The van der Waals surface area contributed by atoms with Crippen LogP contribution in [0.2, 0.25) is 0 Å². The van der Waals surface area contributed by atoms with Gasteiger partial charge in [0.05, 0.1) is 10.8 Å². The number of hydrogen-bond acceptors (Lipinski definition) is 6. The zero-order valence-corrected chi connectivity index (χ0v) is 17.5. The van der Waals surface area contributed by atoms with Gasteiger partial charge in [-0.2, -0.15) is 0 Å². The second kappa shape index (κ2) is 7.94. The molecule has 0 amide bonds. The van der Waals surface area contributed by atoms with E-state index in [9.17, 15) is 19.7 Å². The molecule has 0 spiro atoms. The summed E-state index contributed by atoms with van der Waals surface area (Å²) in [6.07, 6.45) is -0.216. The van der Waals surface area contributed by atoms with Crippen LogP contribution >= 0.6 is 0 Å². The van der Waals surface area contributed by atoms with Crippen LogP contribution in [0.4, 0.5) is 11.4 Å². The molecule has 2 aromatic carbocycles. The number of nitro benzene ring substituents is 1. The number of nitrogens with zero attached hydrogens (tertiary/aromatic N) is 4. The Morgan fingerprint density at radius 1 is 1.22 bits per heavy atom. The first-order valence-corrected chi connectivity index (χ1v) is 10.1. The number of hydrogen-bond donors (Lipinski definition) is 0. The second-order valence-corrected chi connectivity index (χ2v) is 8.75. The number of rotatable bonds is 5. The Morgan fingerprint density at radius 3 is 2.59 bits per heavy atom. The Bertz CT molecular complexity index is 1210. The number of nitro groups is 1. The fraction of sp³-hybridized carbons (Fsp3) is 0.304. The third-order valence-electron chi connectivity index (χ3n) is 5.77. The minimum absolute atomic E-state index is 0.109. The minimum Gasteiger partial charge on any atom is -0.485 e. The zero-order chi connectivity index (χ0) is 23.0. The van der Waals surface area contributed by atoms with Crippen LogP contribution < -0.4 is 0 Å². The molecule has 0 saturated carbocycles. The largest absolute Gasteiger partial charge is 0.485 e. The smallest absolute Gasteiger partial charge is 0.269 e. The summed E-state index contributed by atoms with van der Waals surface area (Å²) < 4.78 is 6.09. The molecule has 1 aliphatic carbocycles. The van der Waals surface area contributed by atoms with Crippen LogP contribution in [0.15, 0.2) is 65.0 Å². The van der Waals surface area contributed by atoms with Crippen LogP contribution in [-0.2, 0) is 9.53 Å². The lowest BCUT2D eigenvalue weighted by Gasteiger charge is -2.29. The summed E-state index contributed by atoms with van der Waals surface area (Å²) >= 11 is 0. The van der Waals surface area contributed by atoms with E-state index in [1.165, 1.54) is 36.4 Å².